The number of amides is 2. The van der Waals surface area contributed by atoms with Gasteiger partial charge in [0, 0.05) is 13.7 Å². The molecule has 25 heavy (non-hydrogen) atoms. The number of urea groups is 1. The van der Waals surface area contributed by atoms with Crippen LogP contribution in [0, 0.1) is 3.57 Å². The molecular formula is C20H16BrIN2O. The summed E-state index contributed by atoms with van der Waals surface area (Å²) in [7, 11) is 0. The molecule has 0 heterocycles. The first-order valence-corrected chi connectivity index (χ1v) is 9.63. The minimum Gasteiger partial charge on any atom is -0.308 e. The molecule has 0 saturated carbocycles. The average molecular weight is 507 g/mol. The van der Waals surface area contributed by atoms with Crippen LogP contribution in [-0.2, 0) is 6.54 Å². The van der Waals surface area contributed by atoms with E-state index >= 15 is 0 Å². The third-order valence-electron chi connectivity index (χ3n) is 3.67. The second-order valence-electron chi connectivity index (χ2n) is 5.46. The minimum atomic E-state index is -0.154. The van der Waals surface area contributed by atoms with Crippen LogP contribution >= 0.6 is 38.5 Å². The van der Waals surface area contributed by atoms with E-state index < -0.39 is 0 Å². The highest BCUT2D eigenvalue weighted by Crippen LogP contribution is 2.25. The summed E-state index contributed by atoms with van der Waals surface area (Å²) >= 11 is 5.71. The van der Waals surface area contributed by atoms with Gasteiger partial charge in [-0.25, -0.2) is 4.79 Å². The van der Waals surface area contributed by atoms with Gasteiger partial charge in [-0.15, -0.1) is 0 Å². The summed E-state index contributed by atoms with van der Waals surface area (Å²) in [4.78, 5) is 14.7. The van der Waals surface area contributed by atoms with Gasteiger partial charge in [-0.2, -0.15) is 0 Å². The van der Waals surface area contributed by atoms with Crippen LogP contribution < -0.4 is 10.2 Å². The molecule has 3 aromatic rings. The monoisotopic (exact) mass is 506 g/mol. The van der Waals surface area contributed by atoms with Crippen LogP contribution in [0.25, 0.3) is 0 Å². The van der Waals surface area contributed by atoms with E-state index in [0.29, 0.717) is 6.54 Å². The van der Waals surface area contributed by atoms with Crippen molar-refractivity contribution in [3.05, 3.63) is 92.5 Å². The first-order chi connectivity index (χ1) is 12.1. The summed E-state index contributed by atoms with van der Waals surface area (Å²) in [5, 5.41) is 2.97. The molecule has 3 rings (SSSR count). The third kappa shape index (κ3) is 4.83. The van der Waals surface area contributed by atoms with Gasteiger partial charge in [0.2, 0.25) is 0 Å². The highest BCUT2D eigenvalue weighted by molar-refractivity contribution is 14.1. The molecule has 0 atom stereocenters. The first kappa shape index (κ1) is 17.9. The van der Waals surface area contributed by atoms with E-state index in [1.807, 2.05) is 78.9 Å². The van der Waals surface area contributed by atoms with Crippen LogP contribution in [-0.4, -0.2) is 6.03 Å². The van der Waals surface area contributed by atoms with Gasteiger partial charge < -0.3 is 5.32 Å². The highest BCUT2D eigenvalue weighted by atomic mass is 127. The van der Waals surface area contributed by atoms with Gasteiger partial charge >= 0.3 is 6.03 Å². The largest absolute Gasteiger partial charge is 0.326 e. The van der Waals surface area contributed by atoms with E-state index in [0.717, 1.165) is 25.0 Å². The Kier molecular flexibility index (Phi) is 6.09. The van der Waals surface area contributed by atoms with E-state index in [1.165, 1.54) is 0 Å². The van der Waals surface area contributed by atoms with E-state index in [4.69, 9.17) is 0 Å². The normalized spacial score (nSPS) is 10.3. The summed E-state index contributed by atoms with van der Waals surface area (Å²) in [6.45, 7) is 0.492. The van der Waals surface area contributed by atoms with Crippen LogP contribution in [0.2, 0.25) is 0 Å². The van der Waals surface area contributed by atoms with Gasteiger partial charge in [-0.05, 0) is 64.6 Å². The molecule has 2 amide bonds. The quantitative estimate of drug-likeness (QED) is 0.414. The molecule has 0 bridgehead atoms. The number of nitrogens with one attached hydrogen (secondary N) is 1. The number of benzene rings is 3. The molecule has 0 fully saturated rings. The molecule has 0 saturated heterocycles. The van der Waals surface area contributed by atoms with Gasteiger partial charge in [-0.3, -0.25) is 4.90 Å². The predicted octanol–water partition coefficient (Wildman–Crippen LogP) is 6.29. The maximum absolute atomic E-state index is 12.9. The first-order valence-electron chi connectivity index (χ1n) is 7.76. The fraction of sp³-hybridized carbons (Fsp3) is 0.0500. The molecule has 0 spiro atoms. The Balaban J connectivity index is 1.89. The van der Waals surface area contributed by atoms with E-state index in [9.17, 15) is 4.79 Å². The zero-order valence-electron chi connectivity index (χ0n) is 13.3. The van der Waals surface area contributed by atoms with Crippen molar-refractivity contribution in [1.29, 1.82) is 0 Å². The Morgan fingerprint density at radius 1 is 0.920 bits per heavy atom. The number of hydrogen-bond donors (Lipinski definition) is 1. The van der Waals surface area contributed by atoms with Crippen molar-refractivity contribution in [2.45, 2.75) is 6.54 Å². The fourth-order valence-electron chi connectivity index (χ4n) is 2.42. The summed E-state index contributed by atoms with van der Waals surface area (Å²) in [6, 6.07) is 25.2. The van der Waals surface area contributed by atoms with Crippen molar-refractivity contribution in [1.82, 2.24) is 0 Å². The zero-order valence-corrected chi connectivity index (χ0v) is 17.1. The molecule has 1 N–H and O–H groups in total. The summed E-state index contributed by atoms with van der Waals surface area (Å²) < 4.78 is 2.05. The van der Waals surface area contributed by atoms with Gasteiger partial charge in [0.1, 0.15) is 0 Å². The van der Waals surface area contributed by atoms with Gasteiger partial charge in [-0.1, -0.05) is 58.4 Å². The lowest BCUT2D eigenvalue weighted by atomic mass is 10.2. The van der Waals surface area contributed by atoms with E-state index in [2.05, 4.69) is 43.8 Å². The molecule has 5 heteroatoms. The number of carbonyl (C=O) groups is 1. The SMILES string of the molecule is O=C(Nc1ccccc1)N(Cc1ccc(Br)cc1)c1ccccc1I. The van der Waals surface area contributed by atoms with Crippen molar-refractivity contribution >= 4 is 55.9 Å². The van der Waals surface area contributed by atoms with Gasteiger partial charge in [0.25, 0.3) is 0 Å². The van der Waals surface area contributed by atoms with Crippen molar-refractivity contribution < 1.29 is 4.79 Å². The molecule has 0 aliphatic rings. The Labute approximate surface area is 169 Å². The highest BCUT2D eigenvalue weighted by Gasteiger charge is 2.18. The predicted molar refractivity (Wildman–Crippen MR) is 115 cm³/mol. The fourth-order valence-corrected chi connectivity index (χ4v) is 3.36. The molecule has 126 valence electrons. The number of halogens is 2. The molecule has 0 aliphatic heterocycles. The molecule has 0 unspecified atom stereocenters. The van der Waals surface area contributed by atoms with Crippen molar-refractivity contribution in [3.8, 4) is 0 Å². The molecule has 0 radical (unpaired) electrons. The Morgan fingerprint density at radius 3 is 2.24 bits per heavy atom. The van der Waals surface area contributed by atoms with Gasteiger partial charge in [0.05, 0.1) is 12.2 Å². The van der Waals surface area contributed by atoms with E-state index in [1.54, 1.807) is 4.90 Å². The molecule has 3 aromatic carbocycles. The Hall–Kier alpha value is -1.86. The zero-order chi connectivity index (χ0) is 17.6. The summed E-state index contributed by atoms with van der Waals surface area (Å²) in [5.41, 5.74) is 2.73. The minimum absolute atomic E-state index is 0.154. The Bertz CT molecular complexity index is 853. The van der Waals surface area contributed by atoms with Crippen LogP contribution in [0.1, 0.15) is 5.56 Å². The number of rotatable bonds is 4. The van der Waals surface area contributed by atoms with Crippen LogP contribution in [0.4, 0.5) is 16.2 Å². The van der Waals surface area contributed by atoms with E-state index in [-0.39, 0.29) is 6.03 Å². The smallest absolute Gasteiger partial charge is 0.308 e. The second kappa shape index (κ2) is 8.49. The van der Waals surface area contributed by atoms with Crippen LogP contribution in [0.5, 0.6) is 0 Å². The lowest BCUT2D eigenvalue weighted by Gasteiger charge is -2.24. The van der Waals surface area contributed by atoms with Gasteiger partial charge in [0.15, 0.2) is 0 Å². The Morgan fingerprint density at radius 2 is 1.56 bits per heavy atom. The number of para-hydroxylation sites is 2. The van der Waals surface area contributed by atoms with Crippen molar-refractivity contribution in [2.75, 3.05) is 10.2 Å². The lowest BCUT2D eigenvalue weighted by Crippen LogP contribution is -2.35. The molecule has 0 aromatic heterocycles. The van der Waals surface area contributed by atoms with Crippen molar-refractivity contribution in [3.63, 3.8) is 0 Å². The number of hydrogen-bond acceptors (Lipinski definition) is 1. The van der Waals surface area contributed by atoms with Crippen molar-refractivity contribution in [2.24, 2.45) is 0 Å². The number of anilines is 2. The summed E-state index contributed by atoms with van der Waals surface area (Å²) in [6.07, 6.45) is 0. The lowest BCUT2D eigenvalue weighted by molar-refractivity contribution is 0.256. The standard InChI is InChI=1S/C20H16BrIN2O/c21-16-12-10-15(11-13-16)14-24(19-9-5-4-8-18(19)22)20(25)23-17-6-2-1-3-7-17/h1-13H,14H2,(H,23,25). The molecule has 0 aliphatic carbocycles. The topological polar surface area (TPSA) is 32.3 Å². The third-order valence-corrected chi connectivity index (χ3v) is 5.11. The maximum atomic E-state index is 12.9. The molecular weight excluding hydrogens is 491 g/mol. The van der Waals surface area contributed by atoms with Crippen LogP contribution in [0.3, 0.4) is 0 Å². The summed E-state index contributed by atoms with van der Waals surface area (Å²) in [5.74, 6) is 0. The molecule has 3 nitrogen and oxygen atoms in total. The number of carbonyl (C=O) groups excluding carboxylic acids is 1. The second-order valence-corrected chi connectivity index (χ2v) is 7.54. The van der Waals surface area contributed by atoms with Crippen LogP contribution in [0.15, 0.2) is 83.3 Å². The average Bonchev–Trinajstić information content (AvgIpc) is 2.63. The number of nitrogens with zero attached hydrogens (tertiary/aromatic N) is 1. The maximum Gasteiger partial charge on any atom is 0.326 e.